The van der Waals surface area contributed by atoms with Crippen LogP contribution in [0.5, 0.6) is 0 Å². The summed E-state index contributed by atoms with van der Waals surface area (Å²) in [4.78, 5) is 12.0. The Kier molecular flexibility index (Phi) is 10.8. The minimum absolute atomic E-state index is 0.0162. The molecule has 0 saturated heterocycles. The number of carboxylic acids is 1. The molecule has 3 atom stereocenters. The van der Waals surface area contributed by atoms with Gasteiger partial charge in [-0.1, -0.05) is 110 Å². The first-order valence-electron chi connectivity index (χ1n) is 11.4. The lowest BCUT2D eigenvalue weighted by Gasteiger charge is -2.34. The van der Waals surface area contributed by atoms with Gasteiger partial charge in [-0.15, -0.1) is 0 Å². The summed E-state index contributed by atoms with van der Waals surface area (Å²) < 4.78 is 6.26. The van der Waals surface area contributed by atoms with Crippen molar-refractivity contribution in [3.8, 4) is 0 Å². The topological polar surface area (TPSA) is 46.5 Å². The average molecular weight is 409 g/mol. The molecular weight excluding hydrogens is 364 g/mol. The standard InChI is InChI=1S/C24H44O3Si/c1-7-8-9-10-11-12-13-14-15-16-20(2)24(6,22(25)26)27-28-18-17-21(19-28)23(3,4)5/h17-20,28H,7-16H2,1-6H3,(H,25,26)/t20?,24-,28?/m1/s1. The zero-order valence-electron chi connectivity index (χ0n) is 19.2. The third kappa shape index (κ3) is 8.24. The van der Waals surface area contributed by atoms with Crippen LogP contribution in [0.2, 0.25) is 0 Å². The Morgan fingerprint density at radius 2 is 1.57 bits per heavy atom. The van der Waals surface area contributed by atoms with E-state index in [0.29, 0.717) is 0 Å². The molecule has 0 aliphatic carbocycles. The van der Waals surface area contributed by atoms with E-state index in [9.17, 15) is 9.90 Å². The van der Waals surface area contributed by atoms with Crippen molar-refractivity contribution in [3.05, 3.63) is 23.0 Å². The largest absolute Gasteiger partial charge is 0.479 e. The van der Waals surface area contributed by atoms with Crippen molar-refractivity contribution in [1.29, 1.82) is 0 Å². The maximum Gasteiger partial charge on any atom is 0.334 e. The van der Waals surface area contributed by atoms with E-state index < -0.39 is 20.6 Å². The second kappa shape index (κ2) is 12.0. The number of hydrogen-bond acceptors (Lipinski definition) is 2. The zero-order valence-corrected chi connectivity index (χ0v) is 20.4. The molecule has 0 bridgehead atoms. The second-order valence-corrected chi connectivity index (χ2v) is 11.6. The van der Waals surface area contributed by atoms with Gasteiger partial charge in [0.2, 0.25) is 9.04 Å². The lowest BCUT2D eigenvalue weighted by molar-refractivity contribution is -0.158. The van der Waals surface area contributed by atoms with Gasteiger partial charge in [-0.3, -0.25) is 0 Å². The summed E-state index contributed by atoms with van der Waals surface area (Å²) in [5.74, 6) is -0.808. The molecule has 4 heteroatoms. The van der Waals surface area contributed by atoms with Gasteiger partial charge in [-0.05, 0) is 30.3 Å². The molecule has 0 amide bonds. The predicted molar refractivity (Wildman–Crippen MR) is 122 cm³/mol. The third-order valence-corrected chi connectivity index (χ3v) is 8.18. The minimum Gasteiger partial charge on any atom is -0.479 e. The molecule has 1 N–H and O–H groups in total. The Labute approximate surface area is 175 Å². The summed E-state index contributed by atoms with van der Waals surface area (Å²) in [5.41, 5.74) is 4.58. The highest BCUT2D eigenvalue weighted by Crippen LogP contribution is 2.33. The highest BCUT2D eigenvalue weighted by Gasteiger charge is 2.41. The van der Waals surface area contributed by atoms with Crippen LogP contribution in [0.15, 0.2) is 23.0 Å². The Morgan fingerprint density at radius 3 is 2.04 bits per heavy atom. The van der Waals surface area contributed by atoms with Crippen LogP contribution in [0.1, 0.15) is 106 Å². The van der Waals surface area contributed by atoms with Gasteiger partial charge in [0.15, 0.2) is 5.60 Å². The van der Waals surface area contributed by atoms with Crippen LogP contribution in [0, 0.1) is 11.3 Å². The lowest BCUT2D eigenvalue weighted by Crippen LogP contribution is -2.47. The number of rotatable bonds is 14. The van der Waals surface area contributed by atoms with Gasteiger partial charge in [0, 0.05) is 0 Å². The molecule has 28 heavy (non-hydrogen) atoms. The molecule has 0 aromatic heterocycles. The Hall–Kier alpha value is -0.873. The molecule has 0 spiro atoms. The monoisotopic (exact) mass is 408 g/mol. The second-order valence-electron chi connectivity index (χ2n) is 9.74. The molecule has 1 aliphatic heterocycles. The molecule has 0 aromatic carbocycles. The molecule has 0 fully saturated rings. The van der Waals surface area contributed by atoms with Crippen molar-refractivity contribution in [2.45, 2.75) is 111 Å². The molecule has 1 rings (SSSR count). The Morgan fingerprint density at radius 1 is 1.04 bits per heavy atom. The molecule has 1 heterocycles. The van der Waals surface area contributed by atoms with E-state index >= 15 is 0 Å². The molecule has 0 radical (unpaired) electrons. The van der Waals surface area contributed by atoms with Crippen LogP contribution in [0.25, 0.3) is 0 Å². The van der Waals surface area contributed by atoms with E-state index in [0.717, 1.165) is 12.8 Å². The minimum atomic E-state index is -1.77. The quantitative estimate of drug-likeness (QED) is 0.255. The van der Waals surface area contributed by atoms with Crippen LogP contribution in [0.4, 0.5) is 0 Å². The molecule has 1 aliphatic rings. The smallest absolute Gasteiger partial charge is 0.334 e. The fourth-order valence-corrected chi connectivity index (χ4v) is 6.27. The van der Waals surface area contributed by atoms with Crippen LogP contribution in [0.3, 0.4) is 0 Å². The highest BCUT2D eigenvalue weighted by atomic mass is 28.3. The van der Waals surface area contributed by atoms with E-state index in [-0.39, 0.29) is 11.3 Å². The third-order valence-electron chi connectivity index (χ3n) is 6.16. The lowest BCUT2D eigenvalue weighted by atomic mass is 9.86. The van der Waals surface area contributed by atoms with Crippen LogP contribution in [-0.2, 0) is 9.22 Å². The van der Waals surface area contributed by atoms with Crippen LogP contribution >= 0.6 is 0 Å². The van der Waals surface area contributed by atoms with Crippen molar-refractivity contribution in [1.82, 2.24) is 0 Å². The van der Waals surface area contributed by atoms with Crippen molar-refractivity contribution in [3.63, 3.8) is 0 Å². The van der Waals surface area contributed by atoms with E-state index in [1.807, 2.05) is 6.92 Å². The normalized spacial score (nSPS) is 20.1. The summed E-state index contributed by atoms with van der Waals surface area (Å²) in [5, 5.41) is 9.88. The van der Waals surface area contributed by atoms with Gasteiger partial charge in [0.1, 0.15) is 0 Å². The van der Waals surface area contributed by atoms with Crippen molar-refractivity contribution in [2.75, 3.05) is 0 Å². The van der Waals surface area contributed by atoms with Gasteiger partial charge in [0.05, 0.1) is 0 Å². The predicted octanol–water partition coefficient (Wildman–Crippen LogP) is 6.75. The maximum atomic E-state index is 12.0. The first-order valence-corrected chi connectivity index (χ1v) is 13.2. The van der Waals surface area contributed by atoms with E-state index in [2.05, 4.69) is 45.2 Å². The van der Waals surface area contributed by atoms with Crippen molar-refractivity contribution >= 4 is 15.0 Å². The summed E-state index contributed by atoms with van der Waals surface area (Å²) in [6.45, 7) is 12.6. The molecule has 0 aromatic rings. The van der Waals surface area contributed by atoms with Crippen molar-refractivity contribution < 1.29 is 14.3 Å². The van der Waals surface area contributed by atoms with E-state index in [4.69, 9.17) is 4.43 Å². The summed E-state index contributed by atoms with van der Waals surface area (Å²) in [6.07, 6.45) is 14.6. The van der Waals surface area contributed by atoms with Gasteiger partial charge in [-0.25, -0.2) is 4.79 Å². The summed E-state index contributed by atoms with van der Waals surface area (Å²) >= 11 is 0. The number of hydrogen-bond donors (Lipinski definition) is 1. The highest BCUT2D eigenvalue weighted by molar-refractivity contribution is 6.64. The molecule has 3 nitrogen and oxygen atoms in total. The first kappa shape index (κ1) is 25.2. The first-order chi connectivity index (χ1) is 13.1. The van der Waals surface area contributed by atoms with Crippen molar-refractivity contribution in [2.24, 2.45) is 11.3 Å². The Bertz CT molecular complexity index is 532. The van der Waals surface area contributed by atoms with E-state index in [1.54, 1.807) is 6.92 Å². The Balaban J connectivity index is 2.42. The molecular formula is C24H44O3Si. The number of carbonyl (C=O) groups is 1. The number of allylic oxidation sites excluding steroid dienone is 2. The van der Waals surface area contributed by atoms with Crippen LogP contribution in [-0.4, -0.2) is 25.7 Å². The number of aliphatic carboxylic acids is 1. The van der Waals surface area contributed by atoms with Gasteiger partial charge >= 0.3 is 5.97 Å². The van der Waals surface area contributed by atoms with Gasteiger partial charge in [0.25, 0.3) is 0 Å². The fourth-order valence-electron chi connectivity index (χ4n) is 3.76. The zero-order chi connectivity index (χ0) is 21.2. The summed E-state index contributed by atoms with van der Waals surface area (Å²) in [6, 6.07) is 0. The molecule has 0 saturated carbocycles. The molecule has 2 unspecified atom stereocenters. The van der Waals surface area contributed by atoms with E-state index in [1.165, 1.54) is 56.9 Å². The number of unbranched alkanes of at least 4 members (excludes halogenated alkanes) is 8. The summed E-state index contributed by atoms with van der Waals surface area (Å²) in [7, 11) is -1.77. The van der Waals surface area contributed by atoms with Crippen LogP contribution < -0.4 is 0 Å². The van der Waals surface area contributed by atoms with Gasteiger partial charge in [-0.2, -0.15) is 0 Å². The van der Waals surface area contributed by atoms with Gasteiger partial charge < -0.3 is 9.53 Å². The maximum absolute atomic E-state index is 12.0. The fraction of sp³-hybridized carbons (Fsp3) is 0.792. The number of carboxylic acid groups (broad SMARTS) is 1. The average Bonchev–Trinajstić information content (AvgIpc) is 3.08. The SMILES string of the molecule is CCCCCCCCCCCC(C)[C@@](C)(O[SiH]1C=CC(C(C)(C)C)=C1)C(=O)O. The molecule has 162 valence electrons.